The molecule has 92 valence electrons. The van der Waals surface area contributed by atoms with Crippen LogP contribution in [0.15, 0.2) is 36.5 Å². The number of hydrogen-bond acceptors (Lipinski definition) is 4. The van der Waals surface area contributed by atoms with Crippen molar-refractivity contribution >= 4 is 5.69 Å². The lowest BCUT2D eigenvalue weighted by molar-refractivity contribution is -0.385. The lowest BCUT2D eigenvalue weighted by atomic mass is 10.3. The van der Waals surface area contributed by atoms with Gasteiger partial charge in [0.25, 0.3) is 5.69 Å². The molecule has 0 amide bonds. The van der Waals surface area contributed by atoms with Crippen LogP contribution < -0.4 is 4.74 Å². The van der Waals surface area contributed by atoms with Crippen LogP contribution in [-0.4, -0.2) is 9.91 Å². The summed E-state index contributed by atoms with van der Waals surface area (Å²) in [6.07, 6.45) is 1.16. The maximum atomic E-state index is 13.5. The number of nitro benzene ring substituents is 1. The van der Waals surface area contributed by atoms with Gasteiger partial charge in [-0.05, 0) is 12.1 Å². The number of aromatic nitrogens is 1. The zero-order valence-electron chi connectivity index (χ0n) is 8.84. The Morgan fingerprint density at radius 1 is 1.22 bits per heavy atom. The first-order valence-electron chi connectivity index (χ1n) is 4.79. The molecule has 0 saturated heterocycles. The van der Waals surface area contributed by atoms with Gasteiger partial charge in [-0.25, -0.2) is 9.37 Å². The number of ether oxygens (including phenoxy) is 1. The van der Waals surface area contributed by atoms with Crippen LogP contribution in [0, 0.1) is 21.9 Å². The van der Waals surface area contributed by atoms with Gasteiger partial charge in [-0.3, -0.25) is 10.1 Å². The molecule has 0 aliphatic carbocycles. The van der Waals surface area contributed by atoms with E-state index < -0.39 is 16.7 Å². The van der Waals surface area contributed by atoms with Crippen LogP contribution in [0.25, 0.3) is 0 Å². The summed E-state index contributed by atoms with van der Waals surface area (Å²) in [6, 6.07) is 5.24. The number of halogens is 2. The molecule has 0 atom stereocenters. The third-order valence-corrected chi connectivity index (χ3v) is 2.05. The lowest BCUT2D eigenvalue weighted by Crippen LogP contribution is -1.93. The van der Waals surface area contributed by atoms with Gasteiger partial charge in [-0.1, -0.05) is 0 Å². The van der Waals surface area contributed by atoms with Gasteiger partial charge < -0.3 is 4.74 Å². The minimum absolute atomic E-state index is 0.0512. The number of benzene rings is 1. The Morgan fingerprint density at radius 3 is 2.61 bits per heavy atom. The highest BCUT2D eigenvalue weighted by Crippen LogP contribution is 2.27. The Hall–Kier alpha value is -2.57. The molecule has 1 heterocycles. The van der Waals surface area contributed by atoms with E-state index >= 15 is 0 Å². The van der Waals surface area contributed by atoms with Crippen LogP contribution in [0.5, 0.6) is 11.5 Å². The summed E-state index contributed by atoms with van der Waals surface area (Å²) in [6.45, 7) is 0. The Bertz CT molecular complexity index is 605. The number of hydrogen-bond donors (Lipinski definition) is 0. The highest BCUT2D eigenvalue weighted by molar-refractivity contribution is 5.39. The fraction of sp³-hybridized carbons (Fsp3) is 0. The van der Waals surface area contributed by atoms with E-state index in [4.69, 9.17) is 4.74 Å². The molecule has 0 bridgehead atoms. The zero-order chi connectivity index (χ0) is 13.1. The quantitative estimate of drug-likeness (QED) is 0.478. The minimum atomic E-state index is -0.901. The predicted octanol–water partition coefficient (Wildman–Crippen LogP) is 3.06. The maximum absolute atomic E-state index is 13.5. The highest BCUT2D eigenvalue weighted by Gasteiger charge is 2.12. The van der Waals surface area contributed by atoms with Gasteiger partial charge in [0.15, 0.2) is 11.6 Å². The molecular weight excluding hydrogens is 246 g/mol. The number of pyridine rings is 1. The van der Waals surface area contributed by atoms with E-state index in [9.17, 15) is 18.9 Å². The molecule has 2 rings (SSSR count). The molecule has 0 N–H and O–H groups in total. The molecule has 18 heavy (non-hydrogen) atoms. The highest BCUT2D eigenvalue weighted by atomic mass is 19.1. The molecule has 0 aliphatic rings. The molecule has 0 fully saturated rings. The summed E-state index contributed by atoms with van der Waals surface area (Å²) < 4.78 is 31.3. The van der Waals surface area contributed by atoms with Crippen LogP contribution >= 0.6 is 0 Å². The lowest BCUT2D eigenvalue weighted by Gasteiger charge is -2.05. The van der Waals surface area contributed by atoms with E-state index in [0.717, 1.165) is 30.5 Å². The average Bonchev–Trinajstić information content (AvgIpc) is 2.31. The first-order chi connectivity index (χ1) is 8.56. The first kappa shape index (κ1) is 11.9. The summed E-state index contributed by atoms with van der Waals surface area (Å²) in [5, 5.41) is 10.4. The fourth-order valence-electron chi connectivity index (χ4n) is 1.26. The van der Waals surface area contributed by atoms with Gasteiger partial charge >= 0.3 is 0 Å². The van der Waals surface area contributed by atoms with Crippen molar-refractivity contribution in [1.82, 2.24) is 4.98 Å². The smallest absolute Gasteiger partial charge is 0.272 e. The van der Waals surface area contributed by atoms with Gasteiger partial charge in [0, 0.05) is 18.3 Å². The predicted molar refractivity (Wildman–Crippen MR) is 57.3 cm³/mol. The van der Waals surface area contributed by atoms with E-state index in [0.29, 0.717) is 0 Å². The van der Waals surface area contributed by atoms with E-state index in [1.165, 1.54) is 6.07 Å². The van der Waals surface area contributed by atoms with Gasteiger partial charge in [0.05, 0.1) is 11.0 Å². The van der Waals surface area contributed by atoms with Crippen molar-refractivity contribution in [3.63, 3.8) is 0 Å². The molecule has 5 nitrogen and oxygen atoms in total. The molecule has 0 aliphatic heterocycles. The minimum Gasteiger partial charge on any atom is -0.454 e. The van der Waals surface area contributed by atoms with E-state index in [2.05, 4.69) is 4.98 Å². The van der Waals surface area contributed by atoms with Crippen LogP contribution in [0.3, 0.4) is 0 Å². The zero-order valence-corrected chi connectivity index (χ0v) is 8.84. The van der Waals surface area contributed by atoms with Crippen LogP contribution in [0.4, 0.5) is 14.5 Å². The topological polar surface area (TPSA) is 65.3 Å². The second-order valence-electron chi connectivity index (χ2n) is 3.29. The Balaban J connectivity index is 2.27. The van der Waals surface area contributed by atoms with Gasteiger partial charge in [0.1, 0.15) is 5.75 Å². The summed E-state index contributed by atoms with van der Waals surface area (Å²) in [5.74, 6) is -1.85. The maximum Gasteiger partial charge on any atom is 0.272 e. The Kier molecular flexibility index (Phi) is 3.13. The number of nitrogens with zero attached hydrogens (tertiary/aromatic N) is 2. The van der Waals surface area contributed by atoms with Crippen molar-refractivity contribution in [2.45, 2.75) is 0 Å². The molecule has 0 radical (unpaired) electrons. The van der Waals surface area contributed by atoms with Crippen LogP contribution in [0.1, 0.15) is 0 Å². The summed E-state index contributed by atoms with van der Waals surface area (Å²) >= 11 is 0. The monoisotopic (exact) mass is 252 g/mol. The van der Waals surface area contributed by atoms with E-state index in [1.807, 2.05) is 0 Å². The second kappa shape index (κ2) is 4.74. The van der Waals surface area contributed by atoms with Crippen molar-refractivity contribution < 1.29 is 18.4 Å². The largest absolute Gasteiger partial charge is 0.454 e. The number of non-ortho nitro benzene ring substituents is 1. The summed E-state index contributed by atoms with van der Waals surface area (Å²) in [5.41, 5.74) is -0.388. The molecular formula is C11H6F2N2O3. The SMILES string of the molecule is O=[N+]([O-])c1ccc(Oc2ccnc(F)c2)c(F)c1. The van der Waals surface area contributed by atoms with Crippen molar-refractivity contribution in [3.8, 4) is 11.5 Å². The Morgan fingerprint density at radius 2 is 2.00 bits per heavy atom. The van der Waals surface area contributed by atoms with Gasteiger partial charge in [0.2, 0.25) is 5.95 Å². The summed E-state index contributed by atoms with van der Waals surface area (Å²) in [7, 11) is 0. The van der Waals surface area contributed by atoms with Crippen molar-refractivity contribution in [3.05, 3.63) is 58.4 Å². The molecule has 7 heteroatoms. The second-order valence-corrected chi connectivity index (χ2v) is 3.29. The fourth-order valence-corrected chi connectivity index (χ4v) is 1.26. The van der Waals surface area contributed by atoms with Crippen LogP contribution in [0.2, 0.25) is 0 Å². The van der Waals surface area contributed by atoms with Gasteiger partial charge in [-0.15, -0.1) is 0 Å². The third-order valence-electron chi connectivity index (χ3n) is 2.05. The molecule has 2 aromatic rings. The van der Waals surface area contributed by atoms with Crippen molar-refractivity contribution in [1.29, 1.82) is 0 Å². The summed E-state index contributed by atoms with van der Waals surface area (Å²) in [4.78, 5) is 13.0. The van der Waals surface area contributed by atoms with Crippen molar-refractivity contribution in [2.24, 2.45) is 0 Å². The average molecular weight is 252 g/mol. The van der Waals surface area contributed by atoms with Crippen LogP contribution in [-0.2, 0) is 0 Å². The first-order valence-corrected chi connectivity index (χ1v) is 4.79. The molecule has 0 spiro atoms. The molecule has 0 saturated carbocycles. The normalized spacial score (nSPS) is 10.1. The van der Waals surface area contributed by atoms with Gasteiger partial charge in [-0.2, -0.15) is 4.39 Å². The molecule has 1 aromatic carbocycles. The molecule has 1 aromatic heterocycles. The van der Waals surface area contributed by atoms with E-state index in [-0.39, 0.29) is 17.2 Å². The van der Waals surface area contributed by atoms with E-state index in [1.54, 1.807) is 0 Å². The Labute approximate surface area is 99.8 Å². The standard InChI is InChI=1S/C11H6F2N2O3/c12-9-5-7(15(16)17)1-2-10(9)18-8-3-4-14-11(13)6-8/h1-6H. The number of nitro groups is 1. The van der Waals surface area contributed by atoms with Crippen molar-refractivity contribution in [2.75, 3.05) is 0 Å². The third kappa shape index (κ3) is 2.57. The number of rotatable bonds is 3. The molecule has 0 unspecified atom stereocenters.